The molecule has 0 aromatic heterocycles. The predicted octanol–water partition coefficient (Wildman–Crippen LogP) is 3.76. The Morgan fingerprint density at radius 2 is 1.95 bits per heavy atom. The van der Waals surface area contributed by atoms with Crippen molar-refractivity contribution in [1.82, 2.24) is 0 Å². The highest BCUT2D eigenvalue weighted by Crippen LogP contribution is 2.36. The minimum Gasteiger partial charge on any atom is -0.267 e. The second kappa shape index (κ2) is 5.56. The van der Waals surface area contributed by atoms with Gasteiger partial charge in [0.15, 0.2) is 0 Å². The minimum absolute atomic E-state index is 0.0146. The van der Waals surface area contributed by atoms with Crippen molar-refractivity contribution in [2.45, 2.75) is 25.1 Å². The third-order valence-corrected chi connectivity index (χ3v) is 6.00. The van der Waals surface area contributed by atoms with Gasteiger partial charge < -0.3 is 0 Å². The Morgan fingerprint density at radius 3 is 2.68 bits per heavy atom. The molecule has 3 rings (SSSR count). The lowest BCUT2D eigenvalue weighted by Crippen LogP contribution is -2.36. The number of benzene rings is 2. The van der Waals surface area contributed by atoms with E-state index in [1.807, 2.05) is 19.1 Å². The van der Waals surface area contributed by atoms with Crippen molar-refractivity contribution in [3.05, 3.63) is 64.4 Å². The van der Waals surface area contributed by atoms with E-state index in [0.29, 0.717) is 12.1 Å². The van der Waals surface area contributed by atoms with Crippen LogP contribution in [0.3, 0.4) is 0 Å². The first-order valence-electron chi connectivity index (χ1n) is 6.93. The van der Waals surface area contributed by atoms with Gasteiger partial charge in [0.05, 0.1) is 11.4 Å². The van der Waals surface area contributed by atoms with Crippen molar-refractivity contribution < 1.29 is 12.8 Å². The quantitative estimate of drug-likeness (QED) is 0.853. The normalized spacial score (nSPS) is 17.6. The summed E-state index contributed by atoms with van der Waals surface area (Å²) in [6, 6.07) is 11.4. The molecule has 0 radical (unpaired) electrons. The van der Waals surface area contributed by atoms with E-state index in [2.05, 4.69) is 0 Å². The second-order valence-electron chi connectivity index (χ2n) is 5.43. The monoisotopic (exact) mass is 339 g/mol. The molecule has 1 heterocycles. The number of sulfonamides is 1. The standard InChI is InChI=1S/C16H15ClFNO2S/c1-11-9-12-5-2-3-8-16(12)19(11)22(20,21)10-13-14(17)6-4-7-15(13)18/h2-8,11H,9-10H2,1H3. The second-order valence-corrected chi connectivity index (χ2v) is 7.69. The average molecular weight is 340 g/mol. The molecule has 0 N–H and O–H groups in total. The molecular weight excluding hydrogens is 325 g/mol. The van der Waals surface area contributed by atoms with Gasteiger partial charge in [0.1, 0.15) is 5.82 Å². The number of para-hydroxylation sites is 1. The number of anilines is 1. The van der Waals surface area contributed by atoms with Crippen LogP contribution in [-0.2, 0) is 22.2 Å². The zero-order valence-electron chi connectivity index (χ0n) is 12.0. The zero-order valence-corrected chi connectivity index (χ0v) is 13.5. The van der Waals surface area contributed by atoms with Gasteiger partial charge in [-0.15, -0.1) is 0 Å². The molecule has 2 aromatic rings. The summed E-state index contributed by atoms with van der Waals surface area (Å²) in [5, 5.41) is 0.128. The van der Waals surface area contributed by atoms with E-state index in [0.717, 1.165) is 5.56 Å². The summed E-state index contributed by atoms with van der Waals surface area (Å²) in [6.07, 6.45) is 0.653. The van der Waals surface area contributed by atoms with Gasteiger partial charge in [-0.25, -0.2) is 12.8 Å². The van der Waals surface area contributed by atoms with E-state index in [1.165, 1.54) is 22.5 Å². The lowest BCUT2D eigenvalue weighted by atomic mass is 10.1. The molecular formula is C16H15ClFNO2S. The van der Waals surface area contributed by atoms with Gasteiger partial charge in [-0.05, 0) is 37.1 Å². The molecule has 22 heavy (non-hydrogen) atoms. The molecule has 0 aliphatic carbocycles. The number of halogens is 2. The number of nitrogens with zero attached hydrogens (tertiary/aromatic N) is 1. The van der Waals surface area contributed by atoms with Crippen LogP contribution < -0.4 is 4.31 Å². The minimum atomic E-state index is -3.71. The Hall–Kier alpha value is -1.59. The first kappa shape index (κ1) is 15.3. The average Bonchev–Trinajstić information content (AvgIpc) is 2.79. The molecule has 0 saturated carbocycles. The summed E-state index contributed by atoms with van der Waals surface area (Å²) in [7, 11) is -3.71. The van der Waals surface area contributed by atoms with E-state index in [1.54, 1.807) is 12.1 Å². The maximum absolute atomic E-state index is 13.9. The van der Waals surface area contributed by atoms with Crippen LogP contribution in [0, 0.1) is 5.82 Å². The van der Waals surface area contributed by atoms with Crippen LogP contribution in [0.15, 0.2) is 42.5 Å². The summed E-state index contributed by atoms with van der Waals surface area (Å²) >= 11 is 5.96. The highest BCUT2D eigenvalue weighted by Gasteiger charge is 2.35. The van der Waals surface area contributed by atoms with Gasteiger partial charge in [-0.3, -0.25) is 4.31 Å². The van der Waals surface area contributed by atoms with Crippen LogP contribution in [0.4, 0.5) is 10.1 Å². The lowest BCUT2D eigenvalue weighted by molar-refractivity contribution is 0.577. The van der Waals surface area contributed by atoms with Gasteiger partial charge >= 0.3 is 0 Å². The van der Waals surface area contributed by atoms with Crippen LogP contribution >= 0.6 is 11.6 Å². The fraction of sp³-hybridized carbons (Fsp3) is 0.250. The van der Waals surface area contributed by atoms with Gasteiger partial charge in [0.2, 0.25) is 10.0 Å². The molecule has 2 aromatic carbocycles. The van der Waals surface area contributed by atoms with E-state index in [9.17, 15) is 12.8 Å². The Labute approximate surface area is 134 Å². The van der Waals surface area contributed by atoms with E-state index < -0.39 is 21.6 Å². The molecule has 0 spiro atoms. The summed E-state index contributed by atoms with van der Waals surface area (Å²) in [5.74, 6) is -1.05. The number of hydrogen-bond donors (Lipinski definition) is 0. The lowest BCUT2D eigenvalue weighted by Gasteiger charge is -2.24. The smallest absolute Gasteiger partial charge is 0.239 e. The molecule has 1 atom stereocenters. The molecule has 0 amide bonds. The molecule has 1 aliphatic heterocycles. The SMILES string of the molecule is CC1Cc2ccccc2N1S(=O)(=O)Cc1c(F)cccc1Cl. The van der Waals surface area contributed by atoms with Crippen LogP contribution in [0.1, 0.15) is 18.1 Å². The Balaban J connectivity index is 2.01. The van der Waals surface area contributed by atoms with E-state index >= 15 is 0 Å². The van der Waals surface area contributed by atoms with Crippen LogP contribution in [0.25, 0.3) is 0 Å². The first-order valence-corrected chi connectivity index (χ1v) is 8.92. The molecule has 3 nitrogen and oxygen atoms in total. The largest absolute Gasteiger partial charge is 0.267 e. The number of rotatable bonds is 3. The fourth-order valence-electron chi connectivity index (χ4n) is 2.88. The van der Waals surface area contributed by atoms with Crippen LogP contribution in [0.2, 0.25) is 5.02 Å². The molecule has 6 heteroatoms. The Bertz CT molecular complexity index is 802. The van der Waals surface area contributed by atoms with Gasteiger partial charge in [0, 0.05) is 16.6 Å². The topological polar surface area (TPSA) is 37.4 Å². The maximum Gasteiger partial charge on any atom is 0.239 e. The van der Waals surface area contributed by atoms with Crippen LogP contribution in [-0.4, -0.2) is 14.5 Å². The van der Waals surface area contributed by atoms with Crippen molar-refractivity contribution in [3.63, 3.8) is 0 Å². The predicted molar refractivity (Wildman–Crippen MR) is 86.1 cm³/mol. The molecule has 116 valence electrons. The van der Waals surface area contributed by atoms with Crippen molar-refractivity contribution in [3.8, 4) is 0 Å². The zero-order chi connectivity index (χ0) is 15.9. The van der Waals surface area contributed by atoms with Crippen molar-refractivity contribution in [1.29, 1.82) is 0 Å². The third-order valence-electron chi connectivity index (χ3n) is 3.83. The first-order chi connectivity index (χ1) is 10.4. The summed E-state index contributed by atoms with van der Waals surface area (Å²) in [4.78, 5) is 0. The molecule has 0 saturated heterocycles. The van der Waals surface area contributed by atoms with Gasteiger partial charge in [-0.2, -0.15) is 0 Å². The van der Waals surface area contributed by atoms with E-state index in [4.69, 9.17) is 11.6 Å². The molecule has 1 aliphatic rings. The summed E-state index contributed by atoms with van der Waals surface area (Å²) in [5.41, 5.74) is 1.67. The van der Waals surface area contributed by atoms with Crippen molar-refractivity contribution in [2.24, 2.45) is 0 Å². The summed E-state index contributed by atoms with van der Waals surface area (Å²) in [6.45, 7) is 1.85. The number of fused-ring (bicyclic) bond motifs is 1. The number of hydrogen-bond acceptors (Lipinski definition) is 2. The fourth-order valence-corrected chi connectivity index (χ4v) is 5.09. The Kier molecular flexibility index (Phi) is 3.87. The highest BCUT2D eigenvalue weighted by atomic mass is 35.5. The van der Waals surface area contributed by atoms with Gasteiger partial charge in [-0.1, -0.05) is 35.9 Å². The van der Waals surface area contributed by atoms with Gasteiger partial charge in [0.25, 0.3) is 0 Å². The van der Waals surface area contributed by atoms with E-state index in [-0.39, 0.29) is 16.6 Å². The summed E-state index contributed by atoms with van der Waals surface area (Å²) < 4.78 is 40.8. The molecule has 1 unspecified atom stereocenters. The van der Waals surface area contributed by atoms with Crippen molar-refractivity contribution >= 4 is 27.3 Å². The molecule has 0 bridgehead atoms. The maximum atomic E-state index is 13.9. The highest BCUT2D eigenvalue weighted by molar-refractivity contribution is 7.92. The third kappa shape index (κ3) is 2.59. The van der Waals surface area contributed by atoms with Crippen molar-refractivity contribution in [2.75, 3.05) is 4.31 Å². The molecule has 0 fully saturated rings. The Morgan fingerprint density at radius 1 is 1.23 bits per heavy atom. The van der Waals surface area contributed by atoms with Crippen LogP contribution in [0.5, 0.6) is 0 Å².